The molecule has 0 heterocycles. The summed E-state index contributed by atoms with van der Waals surface area (Å²) in [6.45, 7) is 7.20. The van der Waals surface area contributed by atoms with Gasteiger partial charge in [-0.2, -0.15) is 0 Å². The van der Waals surface area contributed by atoms with Crippen molar-refractivity contribution in [1.29, 1.82) is 0 Å². The van der Waals surface area contributed by atoms with E-state index in [1.165, 1.54) is 61.6 Å². The first-order chi connectivity index (χ1) is 20.4. The number of nitrogens with one attached hydrogen (secondary N) is 1. The van der Waals surface area contributed by atoms with Crippen molar-refractivity contribution in [3.8, 4) is 11.5 Å². The molecule has 1 atom stereocenters. The van der Waals surface area contributed by atoms with E-state index in [1.807, 2.05) is 26.8 Å². The molecule has 9 nitrogen and oxygen atoms in total. The van der Waals surface area contributed by atoms with Crippen molar-refractivity contribution in [2.75, 3.05) is 31.6 Å². The van der Waals surface area contributed by atoms with Crippen LogP contribution in [0.3, 0.4) is 0 Å². The maximum absolute atomic E-state index is 14.2. The number of methoxy groups -OCH3 is 2. The fraction of sp³-hybridized carbons (Fsp3) is 0.375. The molecule has 1 N–H and O–H groups in total. The molecule has 0 bridgehead atoms. The summed E-state index contributed by atoms with van der Waals surface area (Å²) in [5.74, 6) is -0.806. The molecule has 3 aromatic rings. The van der Waals surface area contributed by atoms with E-state index in [1.54, 1.807) is 19.1 Å². The molecule has 0 aromatic heterocycles. The van der Waals surface area contributed by atoms with Gasteiger partial charge in [0, 0.05) is 19.2 Å². The van der Waals surface area contributed by atoms with E-state index in [4.69, 9.17) is 9.47 Å². The van der Waals surface area contributed by atoms with Crippen molar-refractivity contribution in [3.05, 3.63) is 83.2 Å². The number of amides is 2. The van der Waals surface area contributed by atoms with E-state index >= 15 is 0 Å². The van der Waals surface area contributed by atoms with E-state index in [0.29, 0.717) is 30.0 Å². The quantitative estimate of drug-likeness (QED) is 0.275. The minimum Gasteiger partial charge on any atom is -0.493 e. The molecule has 0 aliphatic rings. The van der Waals surface area contributed by atoms with Gasteiger partial charge in [0.15, 0.2) is 11.5 Å². The summed E-state index contributed by atoms with van der Waals surface area (Å²) in [6, 6.07) is 14.2. The van der Waals surface area contributed by atoms with Crippen LogP contribution in [-0.4, -0.2) is 58.5 Å². The smallest absolute Gasteiger partial charge is 0.264 e. The Kier molecular flexibility index (Phi) is 11.5. The van der Waals surface area contributed by atoms with Crippen LogP contribution < -0.4 is 19.1 Å². The lowest BCUT2D eigenvalue weighted by atomic mass is 10.1. The van der Waals surface area contributed by atoms with Gasteiger partial charge in [0.2, 0.25) is 11.8 Å². The van der Waals surface area contributed by atoms with Gasteiger partial charge in [-0.25, -0.2) is 12.8 Å². The number of nitrogens with zero attached hydrogens (tertiary/aromatic N) is 2. The molecule has 3 aromatic carbocycles. The largest absolute Gasteiger partial charge is 0.493 e. The molecule has 2 amide bonds. The van der Waals surface area contributed by atoms with Gasteiger partial charge in [0.25, 0.3) is 10.0 Å². The summed E-state index contributed by atoms with van der Waals surface area (Å²) in [5.41, 5.74) is 2.51. The number of carbonyl (C=O) groups excluding carboxylic acids is 2. The number of rotatable bonds is 14. The Labute approximate surface area is 253 Å². The highest BCUT2D eigenvalue weighted by atomic mass is 32.2. The van der Waals surface area contributed by atoms with Crippen LogP contribution in [0.1, 0.15) is 43.4 Å². The number of sulfonamides is 1. The molecule has 0 fully saturated rings. The number of aryl methyl sites for hydroxylation is 2. The Morgan fingerprint density at radius 1 is 0.907 bits per heavy atom. The molecule has 3 rings (SSSR count). The number of anilines is 1. The maximum Gasteiger partial charge on any atom is 0.264 e. The van der Waals surface area contributed by atoms with Crippen LogP contribution in [0.25, 0.3) is 0 Å². The SMILES string of the molecule is CCCNC(=O)[C@@H](CC)N(Cc1ccc(F)cc1)C(=O)CN(c1cc(C)cc(C)c1)S(=O)(=O)c1ccc(OC)c(OC)c1. The minimum atomic E-state index is -4.32. The van der Waals surface area contributed by atoms with Gasteiger partial charge < -0.3 is 19.7 Å². The molecule has 232 valence electrons. The van der Waals surface area contributed by atoms with Crippen LogP contribution in [0.5, 0.6) is 11.5 Å². The Balaban J connectivity index is 2.12. The van der Waals surface area contributed by atoms with E-state index in [9.17, 15) is 22.4 Å². The number of ether oxygens (including phenoxy) is 2. The first-order valence-corrected chi connectivity index (χ1v) is 15.5. The first-order valence-electron chi connectivity index (χ1n) is 14.1. The highest BCUT2D eigenvalue weighted by molar-refractivity contribution is 7.92. The second kappa shape index (κ2) is 14.9. The Hall–Kier alpha value is -4.12. The molecule has 0 spiro atoms. The molecule has 0 aliphatic carbocycles. The molecule has 0 saturated carbocycles. The van der Waals surface area contributed by atoms with Crippen molar-refractivity contribution in [3.63, 3.8) is 0 Å². The second-order valence-corrected chi connectivity index (χ2v) is 12.1. The Morgan fingerprint density at radius 2 is 1.53 bits per heavy atom. The molecule has 0 radical (unpaired) electrons. The highest BCUT2D eigenvalue weighted by Gasteiger charge is 2.34. The average Bonchev–Trinajstić information content (AvgIpc) is 2.98. The van der Waals surface area contributed by atoms with Crippen molar-refractivity contribution in [1.82, 2.24) is 10.2 Å². The molecule has 0 unspecified atom stereocenters. The zero-order valence-corrected chi connectivity index (χ0v) is 26.3. The van der Waals surface area contributed by atoms with E-state index in [-0.39, 0.29) is 29.5 Å². The lowest BCUT2D eigenvalue weighted by Gasteiger charge is -2.33. The van der Waals surface area contributed by atoms with Crippen molar-refractivity contribution in [2.45, 2.75) is 58.0 Å². The molecular formula is C32H40FN3O6S. The van der Waals surface area contributed by atoms with Gasteiger partial charge in [0.1, 0.15) is 18.4 Å². The fourth-order valence-corrected chi connectivity index (χ4v) is 6.21. The van der Waals surface area contributed by atoms with Crippen molar-refractivity contribution < 1.29 is 31.9 Å². The summed E-state index contributed by atoms with van der Waals surface area (Å²) < 4.78 is 53.8. The number of benzene rings is 3. The van der Waals surface area contributed by atoms with E-state index < -0.39 is 34.3 Å². The van der Waals surface area contributed by atoms with Crippen LogP contribution in [0.2, 0.25) is 0 Å². The van der Waals surface area contributed by atoms with Gasteiger partial charge in [-0.15, -0.1) is 0 Å². The van der Waals surface area contributed by atoms with Gasteiger partial charge in [-0.05, 0) is 79.8 Å². The predicted octanol–water partition coefficient (Wildman–Crippen LogP) is 4.99. The van der Waals surface area contributed by atoms with Crippen LogP contribution in [-0.2, 0) is 26.2 Å². The first kappa shape index (κ1) is 33.4. The zero-order valence-electron chi connectivity index (χ0n) is 25.5. The standard InChI is InChI=1S/C32H40FN3O6S/c1-7-15-34-32(38)28(8-2)35(20-24-9-11-25(33)12-10-24)31(37)21-36(26-17-22(3)16-23(4)18-26)43(39,40)27-13-14-29(41-5)30(19-27)42-6/h9-14,16-19,28H,7-8,15,20-21H2,1-6H3,(H,34,38)/t28-/m1/s1. The topological polar surface area (TPSA) is 105 Å². The summed E-state index contributed by atoms with van der Waals surface area (Å²) in [7, 11) is -1.47. The maximum atomic E-state index is 14.2. The normalized spacial score (nSPS) is 11.9. The number of carbonyl (C=O) groups is 2. The van der Waals surface area contributed by atoms with Crippen LogP contribution in [0.4, 0.5) is 10.1 Å². The second-order valence-electron chi connectivity index (χ2n) is 10.2. The van der Waals surface area contributed by atoms with Gasteiger partial charge >= 0.3 is 0 Å². The lowest BCUT2D eigenvalue weighted by molar-refractivity contribution is -0.140. The Morgan fingerprint density at radius 3 is 2.09 bits per heavy atom. The van der Waals surface area contributed by atoms with Crippen LogP contribution in [0.15, 0.2) is 65.6 Å². The van der Waals surface area contributed by atoms with Crippen LogP contribution >= 0.6 is 0 Å². The highest BCUT2D eigenvalue weighted by Crippen LogP contribution is 2.33. The van der Waals surface area contributed by atoms with Gasteiger partial charge in [-0.3, -0.25) is 13.9 Å². The zero-order chi connectivity index (χ0) is 31.7. The van der Waals surface area contributed by atoms with E-state index in [2.05, 4.69) is 5.32 Å². The molecule has 0 saturated heterocycles. The Bertz CT molecular complexity index is 1510. The number of hydrogen-bond acceptors (Lipinski definition) is 6. The molecular weight excluding hydrogens is 573 g/mol. The van der Waals surface area contributed by atoms with Crippen LogP contribution in [0, 0.1) is 19.7 Å². The molecule has 43 heavy (non-hydrogen) atoms. The van der Waals surface area contributed by atoms with Gasteiger partial charge in [0.05, 0.1) is 24.8 Å². The van der Waals surface area contributed by atoms with Crippen molar-refractivity contribution >= 4 is 27.5 Å². The summed E-state index contributed by atoms with van der Waals surface area (Å²) in [5, 5.41) is 2.84. The summed E-state index contributed by atoms with van der Waals surface area (Å²) in [4.78, 5) is 28.6. The predicted molar refractivity (Wildman–Crippen MR) is 164 cm³/mol. The number of halogens is 1. The van der Waals surface area contributed by atoms with E-state index in [0.717, 1.165) is 15.4 Å². The molecule has 0 aliphatic heterocycles. The minimum absolute atomic E-state index is 0.0196. The van der Waals surface area contributed by atoms with Crippen molar-refractivity contribution in [2.24, 2.45) is 0 Å². The summed E-state index contributed by atoms with van der Waals surface area (Å²) in [6.07, 6.45) is 0.993. The number of hydrogen-bond donors (Lipinski definition) is 1. The molecule has 11 heteroatoms. The van der Waals surface area contributed by atoms with Gasteiger partial charge in [-0.1, -0.05) is 32.0 Å². The third-order valence-corrected chi connectivity index (χ3v) is 8.69. The average molecular weight is 614 g/mol. The summed E-state index contributed by atoms with van der Waals surface area (Å²) >= 11 is 0. The lowest BCUT2D eigenvalue weighted by Crippen LogP contribution is -2.52. The fourth-order valence-electron chi connectivity index (χ4n) is 4.80. The monoisotopic (exact) mass is 613 g/mol. The third kappa shape index (κ3) is 8.25. The third-order valence-electron chi connectivity index (χ3n) is 6.92.